The van der Waals surface area contributed by atoms with Gasteiger partial charge in [-0.1, -0.05) is 0 Å². The van der Waals surface area contributed by atoms with Gasteiger partial charge in [0.2, 0.25) is 0 Å². The Balaban J connectivity index is 1.78. The van der Waals surface area contributed by atoms with Crippen molar-refractivity contribution in [3.05, 3.63) is 53.4 Å². The van der Waals surface area contributed by atoms with Crippen LogP contribution >= 0.6 is 0 Å². The summed E-state index contributed by atoms with van der Waals surface area (Å²) in [6, 6.07) is 2.69. The summed E-state index contributed by atoms with van der Waals surface area (Å²) in [6.45, 7) is 1.69. The van der Waals surface area contributed by atoms with Crippen LogP contribution < -0.4 is 10.6 Å². The number of aryl methyl sites for hydroxylation is 1. The molecule has 0 bridgehead atoms. The lowest BCUT2D eigenvalue weighted by Gasteiger charge is -2.22. The fourth-order valence-corrected chi connectivity index (χ4v) is 2.16. The first kappa shape index (κ1) is 17.9. The van der Waals surface area contributed by atoms with Crippen LogP contribution in [0.2, 0.25) is 0 Å². The predicted octanol–water partition coefficient (Wildman–Crippen LogP) is 1.45. The molecule has 0 radical (unpaired) electrons. The zero-order valence-electron chi connectivity index (χ0n) is 13.5. The molecule has 0 saturated heterocycles. The number of urea groups is 1. The van der Waals surface area contributed by atoms with E-state index in [0.29, 0.717) is 5.56 Å². The molecule has 0 fully saturated rings. The van der Waals surface area contributed by atoms with E-state index in [9.17, 15) is 18.7 Å². The Morgan fingerprint density at radius 2 is 2.12 bits per heavy atom. The molecule has 6 nitrogen and oxygen atoms in total. The quantitative estimate of drug-likeness (QED) is 0.746. The number of benzene rings is 1. The summed E-state index contributed by atoms with van der Waals surface area (Å²) in [5.74, 6) is -1.04. The Bertz CT molecular complexity index is 716. The van der Waals surface area contributed by atoms with Gasteiger partial charge in [0.1, 0.15) is 17.2 Å². The summed E-state index contributed by atoms with van der Waals surface area (Å²) in [6.07, 6.45) is 3.34. The Kier molecular flexibility index (Phi) is 5.50. The van der Waals surface area contributed by atoms with Crippen molar-refractivity contribution in [3.63, 3.8) is 0 Å². The Morgan fingerprint density at radius 3 is 2.79 bits per heavy atom. The SMILES string of the molecule is Cn1cc([C@](C)(O)CNC(=O)NCCc2cc(F)ccc2F)cn1. The first-order chi connectivity index (χ1) is 11.3. The van der Waals surface area contributed by atoms with Crippen molar-refractivity contribution in [3.8, 4) is 0 Å². The van der Waals surface area contributed by atoms with Crippen LogP contribution in [0.4, 0.5) is 13.6 Å². The van der Waals surface area contributed by atoms with Crippen molar-refractivity contribution >= 4 is 6.03 Å². The number of amides is 2. The molecular formula is C16H20F2N4O2. The van der Waals surface area contributed by atoms with E-state index in [0.717, 1.165) is 18.2 Å². The monoisotopic (exact) mass is 338 g/mol. The summed E-state index contributed by atoms with van der Waals surface area (Å²) in [7, 11) is 1.73. The van der Waals surface area contributed by atoms with Crippen LogP contribution in [-0.2, 0) is 19.1 Å². The molecule has 130 valence electrons. The molecule has 1 aromatic carbocycles. The maximum Gasteiger partial charge on any atom is 0.314 e. The highest BCUT2D eigenvalue weighted by Crippen LogP contribution is 2.18. The van der Waals surface area contributed by atoms with E-state index in [1.807, 2.05) is 0 Å². The number of aromatic nitrogens is 2. The van der Waals surface area contributed by atoms with Gasteiger partial charge in [-0.15, -0.1) is 0 Å². The number of halogens is 2. The van der Waals surface area contributed by atoms with Gasteiger partial charge in [-0.2, -0.15) is 5.10 Å². The molecule has 1 heterocycles. The third-order valence-electron chi connectivity index (χ3n) is 3.61. The van der Waals surface area contributed by atoms with E-state index in [1.54, 1.807) is 24.9 Å². The second-order valence-corrected chi connectivity index (χ2v) is 5.77. The third kappa shape index (κ3) is 4.76. The second kappa shape index (κ2) is 7.39. The predicted molar refractivity (Wildman–Crippen MR) is 84.2 cm³/mol. The number of carbonyl (C=O) groups is 1. The van der Waals surface area contributed by atoms with E-state index in [1.165, 1.54) is 6.20 Å². The minimum Gasteiger partial charge on any atom is -0.383 e. The smallest absolute Gasteiger partial charge is 0.314 e. The summed E-state index contributed by atoms with van der Waals surface area (Å²) in [5.41, 5.74) is -0.495. The molecular weight excluding hydrogens is 318 g/mol. The van der Waals surface area contributed by atoms with E-state index in [2.05, 4.69) is 15.7 Å². The van der Waals surface area contributed by atoms with E-state index >= 15 is 0 Å². The molecule has 0 saturated carbocycles. The Labute approximate surface area is 138 Å². The molecule has 3 N–H and O–H groups in total. The molecule has 0 aliphatic rings. The maximum atomic E-state index is 13.5. The Hall–Kier alpha value is -2.48. The second-order valence-electron chi connectivity index (χ2n) is 5.77. The number of hydrogen-bond acceptors (Lipinski definition) is 3. The van der Waals surface area contributed by atoms with Crippen molar-refractivity contribution in [2.45, 2.75) is 18.9 Å². The zero-order chi connectivity index (χ0) is 17.7. The minimum absolute atomic E-state index is 0.0150. The molecule has 1 aromatic heterocycles. The highest BCUT2D eigenvalue weighted by atomic mass is 19.1. The van der Waals surface area contributed by atoms with Crippen molar-refractivity contribution in [1.29, 1.82) is 0 Å². The highest BCUT2D eigenvalue weighted by molar-refractivity contribution is 5.73. The average molecular weight is 338 g/mol. The molecule has 0 unspecified atom stereocenters. The largest absolute Gasteiger partial charge is 0.383 e. The number of nitrogens with zero attached hydrogens (tertiary/aromatic N) is 2. The zero-order valence-corrected chi connectivity index (χ0v) is 13.5. The lowest BCUT2D eigenvalue weighted by atomic mass is 10.00. The van der Waals surface area contributed by atoms with Gasteiger partial charge in [0, 0.05) is 25.4 Å². The lowest BCUT2D eigenvalue weighted by molar-refractivity contribution is 0.0593. The number of hydrogen-bond donors (Lipinski definition) is 3. The van der Waals surface area contributed by atoms with Crippen LogP contribution in [0.15, 0.2) is 30.6 Å². The van der Waals surface area contributed by atoms with E-state index in [-0.39, 0.29) is 25.1 Å². The van der Waals surface area contributed by atoms with Gasteiger partial charge in [-0.25, -0.2) is 13.6 Å². The molecule has 24 heavy (non-hydrogen) atoms. The van der Waals surface area contributed by atoms with E-state index < -0.39 is 23.3 Å². The summed E-state index contributed by atoms with van der Waals surface area (Å²) in [5, 5.41) is 19.4. The van der Waals surface area contributed by atoms with Crippen LogP contribution in [0, 0.1) is 11.6 Å². The number of carbonyl (C=O) groups excluding carboxylic acids is 1. The molecule has 8 heteroatoms. The van der Waals surface area contributed by atoms with Crippen LogP contribution in [0.1, 0.15) is 18.1 Å². The topological polar surface area (TPSA) is 79.2 Å². The Morgan fingerprint density at radius 1 is 1.38 bits per heavy atom. The fourth-order valence-electron chi connectivity index (χ4n) is 2.16. The number of rotatable bonds is 6. The van der Waals surface area contributed by atoms with Crippen molar-refractivity contribution in [1.82, 2.24) is 20.4 Å². The highest BCUT2D eigenvalue weighted by Gasteiger charge is 2.25. The van der Waals surface area contributed by atoms with Gasteiger partial charge >= 0.3 is 6.03 Å². The molecule has 1 atom stereocenters. The van der Waals surface area contributed by atoms with Gasteiger partial charge < -0.3 is 15.7 Å². The average Bonchev–Trinajstić information content (AvgIpc) is 2.96. The standard InChI is InChI=1S/C16H20F2N4O2/c1-16(24,12-8-21-22(2)9-12)10-20-15(23)19-6-5-11-7-13(17)3-4-14(11)18/h3-4,7-9,24H,5-6,10H2,1-2H3,(H2,19,20,23)/t16-/m1/s1. The van der Waals surface area contributed by atoms with Gasteiger partial charge in [0.15, 0.2) is 0 Å². The van der Waals surface area contributed by atoms with Gasteiger partial charge in [-0.05, 0) is 37.1 Å². The van der Waals surface area contributed by atoms with Gasteiger partial charge in [0.25, 0.3) is 0 Å². The summed E-state index contributed by atoms with van der Waals surface area (Å²) in [4.78, 5) is 11.7. The maximum absolute atomic E-state index is 13.5. The van der Waals surface area contributed by atoms with Crippen molar-refractivity contribution < 1.29 is 18.7 Å². The van der Waals surface area contributed by atoms with Gasteiger partial charge in [0.05, 0.1) is 12.7 Å². The summed E-state index contributed by atoms with van der Waals surface area (Å²) >= 11 is 0. The molecule has 2 rings (SSSR count). The van der Waals surface area contributed by atoms with Crippen LogP contribution in [-0.4, -0.2) is 34.0 Å². The van der Waals surface area contributed by atoms with Crippen LogP contribution in [0.25, 0.3) is 0 Å². The van der Waals surface area contributed by atoms with Crippen LogP contribution in [0.3, 0.4) is 0 Å². The third-order valence-corrected chi connectivity index (χ3v) is 3.61. The first-order valence-corrected chi connectivity index (χ1v) is 7.45. The number of aliphatic hydroxyl groups is 1. The van der Waals surface area contributed by atoms with Gasteiger partial charge in [-0.3, -0.25) is 4.68 Å². The molecule has 0 aliphatic carbocycles. The fraction of sp³-hybridized carbons (Fsp3) is 0.375. The molecule has 0 aliphatic heterocycles. The first-order valence-electron chi connectivity index (χ1n) is 7.45. The molecule has 2 aromatic rings. The van der Waals surface area contributed by atoms with Crippen molar-refractivity contribution in [2.24, 2.45) is 7.05 Å². The minimum atomic E-state index is -1.26. The number of nitrogens with one attached hydrogen (secondary N) is 2. The molecule has 0 spiro atoms. The van der Waals surface area contributed by atoms with Crippen LogP contribution in [0.5, 0.6) is 0 Å². The summed E-state index contributed by atoms with van der Waals surface area (Å²) < 4.78 is 28.1. The van der Waals surface area contributed by atoms with Crippen molar-refractivity contribution in [2.75, 3.05) is 13.1 Å². The molecule has 2 amide bonds. The lowest BCUT2D eigenvalue weighted by Crippen LogP contribution is -2.43. The normalized spacial score (nSPS) is 13.4. The van der Waals surface area contributed by atoms with E-state index in [4.69, 9.17) is 0 Å².